The molecule has 0 radical (unpaired) electrons. The molecule has 0 aromatic heterocycles. The first kappa shape index (κ1) is 22.8. The number of fused-ring (bicyclic) bond motifs is 1. The molecule has 0 aliphatic heterocycles. The Hall–Kier alpha value is -1.48. The first-order valence-electron chi connectivity index (χ1n) is 11.0. The quantitative estimate of drug-likeness (QED) is 0.328. The summed E-state index contributed by atoms with van der Waals surface area (Å²) in [5.74, 6) is 1.05. The standard InChI is InChI=1S/C25H36O2S/c1-3-5-7-8-13-20(12-6-4-2)19-28-24(18-25(26)27)23-17-11-15-21-14-9-10-16-22(21)23/h9-11,14-17,20,24H,3-8,12-13,18-19H2,1-2H3,(H,26,27). The van der Waals surface area contributed by atoms with E-state index in [-0.39, 0.29) is 11.7 Å². The number of carbonyl (C=O) groups is 1. The fourth-order valence-corrected chi connectivity index (χ4v) is 5.35. The first-order valence-corrected chi connectivity index (χ1v) is 12.0. The lowest BCUT2D eigenvalue weighted by Gasteiger charge is -2.22. The zero-order valence-electron chi connectivity index (χ0n) is 17.5. The van der Waals surface area contributed by atoms with Crippen molar-refractivity contribution in [1.82, 2.24) is 0 Å². The van der Waals surface area contributed by atoms with Crippen LogP contribution in [0.15, 0.2) is 42.5 Å². The van der Waals surface area contributed by atoms with Gasteiger partial charge in [0.25, 0.3) is 0 Å². The molecule has 3 heteroatoms. The van der Waals surface area contributed by atoms with Crippen molar-refractivity contribution in [1.29, 1.82) is 0 Å². The van der Waals surface area contributed by atoms with Gasteiger partial charge >= 0.3 is 5.97 Å². The van der Waals surface area contributed by atoms with Crippen LogP contribution in [0.3, 0.4) is 0 Å². The van der Waals surface area contributed by atoms with E-state index in [2.05, 4.69) is 44.2 Å². The summed E-state index contributed by atoms with van der Waals surface area (Å²) >= 11 is 1.86. The van der Waals surface area contributed by atoms with Crippen LogP contribution in [0.25, 0.3) is 10.8 Å². The summed E-state index contributed by atoms with van der Waals surface area (Å²) in [4.78, 5) is 11.6. The molecule has 0 aliphatic carbocycles. The Morgan fingerprint density at radius 2 is 1.64 bits per heavy atom. The minimum atomic E-state index is -0.710. The van der Waals surface area contributed by atoms with Crippen LogP contribution in [0, 0.1) is 5.92 Å². The van der Waals surface area contributed by atoms with Crippen molar-refractivity contribution in [3.05, 3.63) is 48.0 Å². The van der Waals surface area contributed by atoms with Gasteiger partial charge in [0.1, 0.15) is 0 Å². The van der Waals surface area contributed by atoms with Gasteiger partial charge in [-0.05, 0) is 40.8 Å². The van der Waals surface area contributed by atoms with Crippen molar-refractivity contribution < 1.29 is 9.90 Å². The van der Waals surface area contributed by atoms with Crippen LogP contribution < -0.4 is 0 Å². The van der Waals surface area contributed by atoms with Crippen LogP contribution in [-0.2, 0) is 4.79 Å². The van der Waals surface area contributed by atoms with Crippen LogP contribution in [0.2, 0.25) is 0 Å². The fraction of sp³-hybridized carbons (Fsp3) is 0.560. The maximum absolute atomic E-state index is 11.6. The summed E-state index contributed by atoms with van der Waals surface area (Å²) in [5.41, 5.74) is 1.17. The van der Waals surface area contributed by atoms with Gasteiger partial charge < -0.3 is 5.11 Å². The summed E-state index contributed by atoms with van der Waals surface area (Å²) in [5, 5.41) is 11.9. The molecule has 0 amide bonds. The maximum Gasteiger partial charge on any atom is 0.304 e. The first-order chi connectivity index (χ1) is 13.7. The van der Waals surface area contributed by atoms with E-state index in [4.69, 9.17) is 0 Å². The summed E-state index contributed by atoms with van der Waals surface area (Å²) in [7, 11) is 0. The van der Waals surface area contributed by atoms with Crippen molar-refractivity contribution in [2.24, 2.45) is 5.92 Å². The molecule has 1 N–H and O–H groups in total. The van der Waals surface area contributed by atoms with Gasteiger partial charge in [-0.15, -0.1) is 0 Å². The Kier molecular flexibility index (Phi) is 10.5. The van der Waals surface area contributed by atoms with Crippen LogP contribution >= 0.6 is 11.8 Å². The number of carboxylic acids is 1. The van der Waals surface area contributed by atoms with Crippen molar-refractivity contribution in [2.45, 2.75) is 76.9 Å². The van der Waals surface area contributed by atoms with Crippen molar-refractivity contribution in [3.8, 4) is 0 Å². The van der Waals surface area contributed by atoms with Crippen LogP contribution in [0.4, 0.5) is 0 Å². The predicted molar refractivity (Wildman–Crippen MR) is 123 cm³/mol. The molecule has 0 aliphatic rings. The van der Waals surface area contributed by atoms with Crippen molar-refractivity contribution >= 4 is 28.5 Å². The Balaban J connectivity index is 2.09. The number of hydrogen-bond donors (Lipinski definition) is 1. The molecule has 0 spiro atoms. The highest BCUT2D eigenvalue weighted by molar-refractivity contribution is 7.99. The summed E-state index contributed by atoms with van der Waals surface area (Å²) in [6.07, 6.45) is 10.5. The third-order valence-electron chi connectivity index (χ3n) is 5.50. The zero-order valence-corrected chi connectivity index (χ0v) is 18.3. The van der Waals surface area contributed by atoms with Gasteiger partial charge in [0.2, 0.25) is 0 Å². The molecule has 2 atom stereocenters. The van der Waals surface area contributed by atoms with Crippen LogP contribution in [0.1, 0.15) is 82.4 Å². The normalized spacial score (nSPS) is 13.5. The largest absolute Gasteiger partial charge is 0.481 e. The molecule has 0 fully saturated rings. The van der Waals surface area contributed by atoms with E-state index in [1.807, 2.05) is 23.9 Å². The molecular weight excluding hydrogens is 364 g/mol. The lowest BCUT2D eigenvalue weighted by Crippen LogP contribution is -2.09. The monoisotopic (exact) mass is 400 g/mol. The number of aliphatic carboxylic acids is 1. The molecule has 2 aromatic rings. The molecule has 0 saturated carbocycles. The van der Waals surface area contributed by atoms with Crippen molar-refractivity contribution in [3.63, 3.8) is 0 Å². The summed E-state index contributed by atoms with van der Waals surface area (Å²) < 4.78 is 0. The molecule has 2 aromatic carbocycles. The molecule has 2 nitrogen and oxygen atoms in total. The average Bonchev–Trinajstić information content (AvgIpc) is 2.70. The summed E-state index contributed by atoms with van der Waals surface area (Å²) in [6, 6.07) is 14.6. The average molecular weight is 401 g/mol. The number of hydrogen-bond acceptors (Lipinski definition) is 2. The van der Waals surface area contributed by atoms with E-state index >= 15 is 0 Å². The van der Waals surface area contributed by atoms with E-state index in [0.717, 1.165) is 5.75 Å². The number of thioether (sulfide) groups is 1. The number of rotatable bonds is 14. The lowest BCUT2D eigenvalue weighted by molar-refractivity contribution is -0.137. The van der Waals surface area contributed by atoms with Gasteiger partial charge in [-0.25, -0.2) is 0 Å². The lowest BCUT2D eigenvalue weighted by atomic mass is 9.97. The van der Waals surface area contributed by atoms with E-state index in [9.17, 15) is 9.90 Å². The second-order valence-electron chi connectivity index (χ2n) is 7.85. The van der Waals surface area contributed by atoms with Crippen molar-refractivity contribution in [2.75, 3.05) is 5.75 Å². The second kappa shape index (κ2) is 12.9. The number of benzene rings is 2. The molecule has 28 heavy (non-hydrogen) atoms. The SMILES string of the molecule is CCCCCCC(CCCC)CSC(CC(=O)O)c1cccc2ccccc12. The minimum Gasteiger partial charge on any atom is -0.481 e. The smallest absolute Gasteiger partial charge is 0.304 e. The molecule has 0 bridgehead atoms. The van der Waals surface area contributed by atoms with E-state index in [0.29, 0.717) is 5.92 Å². The van der Waals surface area contributed by atoms with Crippen LogP contribution in [0.5, 0.6) is 0 Å². The van der Waals surface area contributed by atoms with Gasteiger partial charge in [0.15, 0.2) is 0 Å². The highest BCUT2D eigenvalue weighted by atomic mass is 32.2. The van der Waals surface area contributed by atoms with Gasteiger partial charge in [0.05, 0.1) is 6.42 Å². The Morgan fingerprint density at radius 3 is 2.39 bits per heavy atom. The van der Waals surface area contributed by atoms with Gasteiger partial charge in [-0.1, -0.05) is 94.8 Å². The molecular formula is C25H36O2S. The topological polar surface area (TPSA) is 37.3 Å². The zero-order chi connectivity index (χ0) is 20.2. The van der Waals surface area contributed by atoms with E-state index in [1.165, 1.54) is 67.7 Å². The maximum atomic E-state index is 11.6. The fourth-order valence-electron chi connectivity index (χ4n) is 3.86. The molecule has 2 unspecified atom stereocenters. The van der Waals surface area contributed by atoms with Gasteiger partial charge in [-0.3, -0.25) is 4.79 Å². The van der Waals surface area contributed by atoms with E-state index in [1.54, 1.807) is 0 Å². The summed E-state index contributed by atoms with van der Waals surface area (Å²) in [6.45, 7) is 4.51. The third kappa shape index (κ3) is 7.50. The minimum absolute atomic E-state index is 0.0170. The molecule has 0 heterocycles. The Labute approximate surface area is 175 Å². The van der Waals surface area contributed by atoms with Gasteiger partial charge in [0, 0.05) is 5.25 Å². The van der Waals surface area contributed by atoms with Gasteiger partial charge in [-0.2, -0.15) is 11.8 Å². The molecule has 0 saturated heterocycles. The third-order valence-corrected chi connectivity index (χ3v) is 6.98. The molecule has 154 valence electrons. The van der Waals surface area contributed by atoms with Crippen LogP contribution in [-0.4, -0.2) is 16.8 Å². The second-order valence-corrected chi connectivity index (χ2v) is 9.08. The Bertz CT molecular complexity index is 707. The highest BCUT2D eigenvalue weighted by Crippen LogP contribution is 2.38. The molecule has 2 rings (SSSR count). The Morgan fingerprint density at radius 1 is 0.929 bits per heavy atom. The number of carboxylic acid groups (broad SMARTS) is 1. The predicted octanol–water partition coefficient (Wildman–Crippen LogP) is 7.87. The van der Waals surface area contributed by atoms with E-state index < -0.39 is 5.97 Å². The number of unbranched alkanes of at least 4 members (excludes halogenated alkanes) is 4. The highest BCUT2D eigenvalue weighted by Gasteiger charge is 2.20.